The third-order valence-corrected chi connectivity index (χ3v) is 3.03. The highest BCUT2D eigenvalue weighted by Gasteiger charge is 2.19. The second-order valence-corrected chi connectivity index (χ2v) is 4.48. The zero-order chi connectivity index (χ0) is 13.0. The second kappa shape index (κ2) is 6.03. The molecule has 0 bridgehead atoms. The van der Waals surface area contributed by atoms with E-state index in [1.165, 1.54) is 12.1 Å². The largest absolute Gasteiger partial charge is 0.467 e. The molecular weight excluding hydrogens is 253 g/mol. The third-order valence-electron chi connectivity index (χ3n) is 2.70. The lowest BCUT2D eigenvalue weighted by molar-refractivity contribution is 0.446. The highest BCUT2D eigenvalue weighted by molar-refractivity contribution is 6.31. The van der Waals surface area contributed by atoms with E-state index in [0.717, 1.165) is 24.3 Å². The predicted molar refractivity (Wildman–Crippen MR) is 70.3 cm³/mol. The molecule has 0 amide bonds. The van der Waals surface area contributed by atoms with Gasteiger partial charge in [-0.2, -0.15) is 0 Å². The molecule has 1 N–H and O–H groups in total. The Balaban J connectivity index is 2.33. The van der Waals surface area contributed by atoms with Crippen molar-refractivity contribution in [3.63, 3.8) is 0 Å². The molecule has 1 heterocycles. The molecule has 2 nitrogen and oxygen atoms in total. The van der Waals surface area contributed by atoms with E-state index >= 15 is 0 Å². The molecule has 0 saturated heterocycles. The normalized spacial score (nSPS) is 12.6. The van der Waals surface area contributed by atoms with E-state index in [1.807, 2.05) is 12.1 Å². The van der Waals surface area contributed by atoms with E-state index in [0.29, 0.717) is 5.02 Å². The summed E-state index contributed by atoms with van der Waals surface area (Å²) >= 11 is 6.10. The summed E-state index contributed by atoms with van der Waals surface area (Å²) in [7, 11) is 0. The molecule has 0 radical (unpaired) electrons. The fourth-order valence-corrected chi connectivity index (χ4v) is 2.12. The smallest absolute Gasteiger partial charge is 0.125 e. The zero-order valence-electron chi connectivity index (χ0n) is 10.1. The van der Waals surface area contributed by atoms with Crippen molar-refractivity contribution in [2.45, 2.75) is 19.4 Å². The van der Waals surface area contributed by atoms with Gasteiger partial charge in [0.2, 0.25) is 0 Å². The Bertz CT molecular complexity index is 499. The molecule has 0 spiro atoms. The summed E-state index contributed by atoms with van der Waals surface area (Å²) in [6.45, 7) is 2.91. The summed E-state index contributed by atoms with van der Waals surface area (Å²) in [5.41, 5.74) is 0.821. The molecule has 4 heteroatoms. The fourth-order valence-electron chi connectivity index (χ4n) is 1.84. The maximum Gasteiger partial charge on any atom is 0.125 e. The molecule has 1 aromatic heterocycles. The van der Waals surface area contributed by atoms with E-state index in [2.05, 4.69) is 12.2 Å². The first-order valence-corrected chi connectivity index (χ1v) is 6.32. The molecular formula is C14H15ClFNO. The quantitative estimate of drug-likeness (QED) is 0.880. The highest BCUT2D eigenvalue weighted by atomic mass is 35.5. The first-order chi connectivity index (χ1) is 8.72. The van der Waals surface area contributed by atoms with Gasteiger partial charge in [0, 0.05) is 5.02 Å². The van der Waals surface area contributed by atoms with Gasteiger partial charge in [0.1, 0.15) is 11.6 Å². The second-order valence-electron chi connectivity index (χ2n) is 4.07. The lowest BCUT2D eigenvalue weighted by Gasteiger charge is -2.18. The van der Waals surface area contributed by atoms with Gasteiger partial charge in [-0.1, -0.05) is 24.6 Å². The molecule has 0 aliphatic rings. The molecule has 96 valence electrons. The first kappa shape index (κ1) is 13.1. The summed E-state index contributed by atoms with van der Waals surface area (Å²) < 4.78 is 18.5. The van der Waals surface area contributed by atoms with Gasteiger partial charge in [0.15, 0.2) is 0 Å². The Morgan fingerprint density at radius 3 is 2.83 bits per heavy atom. The summed E-state index contributed by atoms with van der Waals surface area (Å²) in [6.07, 6.45) is 2.61. The van der Waals surface area contributed by atoms with Gasteiger partial charge in [-0.25, -0.2) is 4.39 Å². The molecule has 1 atom stereocenters. The van der Waals surface area contributed by atoms with Crippen molar-refractivity contribution in [1.29, 1.82) is 0 Å². The van der Waals surface area contributed by atoms with Crippen molar-refractivity contribution in [2.24, 2.45) is 0 Å². The minimum absolute atomic E-state index is 0.145. The number of nitrogens with one attached hydrogen (secondary N) is 1. The van der Waals surface area contributed by atoms with Crippen LogP contribution in [0.15, 0.2) is 41.0 Å². The lowest BCUT2D eigenvalue weighted by Crippen LogP contribution is -2.23. The number of benzene rings is 1. The van der Waals surface area contributed by atoms with Crippen LogP contribution in [0.5, 0.6) is 0 Å². The topological polar surface area (TPSA) is 25.2 Å². The molecule has 0 aliphatic heterocycles. The maximum absolute atomic E-state index is 13.1. The van der Waals surface area contributed by atoms with Crippen LogP contribution in [0.1, 0.15) is 30.7 Å². The molecule has 0 saturated carbocycles. The van der Waals surface area contributed by atoms with Gasteiger partial charge < -0.3 is 9.73 Å². The minimum atomic E-state index is -0.336. The Morgan fingerprint density at radius 1 is 1.39 bits per heavy atom. The van der Waals surface area contributed by atoms with Crippen LogP contribution in [-0.2, 0) is 0 Å². The Kier molecular flexibility index (Phi) is 4.39. The number of hydrogen-bond donors (Lipinski definition) is 1. The van der Waals surface area contributed by atoms with Crippen LogP contribution < -0.4 is 5.32 Å². The van der Waals surface area contributed by atoms with Crippen molar-refractivity contribution >= 4 is 11.6 Å². The lowest BCUT2D eigenvalue weighted by atomic mass is 10.0. The monoisotopic (exact) mass is 267 g/mol. The van der Waals surface area contributed by atoms with E-state index < -0.39 is 0 Å². The van der Waals surface area contributed by atoms with Crippen LogP contribution in [0.2, 0.25) is 5.02 Å². The van der Waals surface area contributed by atoms with Gasteiger partial charge in [-0.15, -0.1) is 0 Å². The Morgan fingerprint density at radius 2 is 2.22 bits per heavy atom. The van der Waals surface area contributed by atoms with Crippen LogP contribution in [-0.4, -0.2) is 6.54 Å². The molecule has 0 fully saturated rings. The van der Waals surface area contributed by atoms with Gasteiger partial charge >= 0.3 is 0 Å². The number of halogens is 2. The van der Waals surface area contributed by atoms with Crippen LogP contribution in [0.25, 0.3) is 0 Å². The summed E-state index contributed by atoms with van der Waals surface area (Å²) in [5.74, 6) is 0.439. The summed E-state index contributed by atoms with van der Waals surface area (Å²) in [4.78, 5) is 0. The summed E-state index contributed by atoms with van der Waals surface area (Å²) in [6, 6.07) is 7.98. The van der Waals surface area contributed by atoms with Crippen LogP contribution >= 0.6 is 11.6 Å². The van der Waals surface area contributed by atoms with Gasteiger partial charge in [-0.3, -0.25) is 0 Å². The summed E-state index contributed by atoms with van der Waals surface area (Å²) in [5, 5.41) is 3.75. The molecule has 2 aromatic rings. The Hall–Kier alpha value is -1.32. The molecule has 18 heavy (non-hydrogen) atoms. The Labute approximate surface area is 111 Å². The molecule has 2 rings (SSSR count). The van der Waals surface area contributed by atoms with E-state index in [1.54, 1.807) is 12.3 Å². The number of rotatable bonds is 5. The number of hydrogen-bond acceptors (Lipinski definition) is 2. The van der Waals surface area contributed by atoms with Crippen molar-refractivity contribution in [2.75, 3.05) is 6.54 Å². The zero-order valence-corrected chi connectivity index (χ0v) is 10.9. The fraction of sp³-hybridized carbons (Fsp3) is 0.286. The average molecular weight is 268 g/mol. The van der Waals surface area contributed by atoms with Gasteiger partial charge in [0.25, 0.3) is 0 Å². The SMILES string of the molecule is CCCNC(c1ccco1)c1ccc(F)cc1Cl. The van der Waals surface area contributed by atoms with Crippen molar-refractivity contribution in [1.82, 2.24) is 5.32 Å². The predicted octanol–water partition coefficient (Wildman–Crippen LogP) is 4.16. The minimum Gasteiger partial charge on any atom is -0.467 e. The molecule has 1 unspecified atom stereocenters. The van der Waals surface area contributed by atoms with Crippen molar-refractivity contribution < 1.29 is 8.81 Å². The van der Waals surface area contributed by atoms with Gasteiger partial charge in [-0.05, 0) is 42.8 Å². The van der Waals surface area contributed by atoms with Crippen LogP contribution in [0, 0.1) is 5.82 Å². The van der Waals surface area contributed by atoms with E-state index in [-0.39, 0.29) is 11.9 Å². The van der Waals surface area contributed by atoms with Gasteiger partial charge in [0.05, 0.1) is 12.3 Å². The molecule has 0 aliphatic carbocycles. The van der Waals surface area contributed by atoms with Crippen LogP contribution in [0.3, 0.4) is 0 Å². The standard InChI is InChI=1S/C14H15ClFNO/c1-2-7-17-14(13-4-3-8-18-13)11-6-5-10(16)9-12(11)15/h3-6,8-9,14,17H,2,7H2,1H3. The van der Waals surface area contributed by atoms with Crippen molar-refractivity contribution in [3.05, 3.63) is 58.8 Å². The third kappa shape index (κ3) is 2.92. The van der Waals surface area contributed by atoms with E-state index in [4.69, 9.17) is 16.0 Å². The average Bonchev–Trinajstić information content (AvgIpc) is 2.85. The van der Waals surface area contributed by atoms with Crippen LogP contribution in [0.4, 0.5) is 4.39 Å². The maximum atomic E-state index is 13.1. The first-order valence-electron chi connectivity index (χ1n) is 5.94. The van der Waals surface area contributed by atoms with E-state index in [9.17, 15) is 4.39 Å². The number of furan rings is 1. The van der Waals surface area contributed by atoms with Crippen molar-refractivity contribution in [3.8, 4) is 0 Å². The molecule has 1 aromatic carbocycles. The highest BCUT2D eigenvalue weighted by Crippen LogP contribution is 2.29.